The number of amides is 1. The number of pyridine rings is 1. The molecular formula is C27H27ClN4O. The fourth-order valence-corrected chi connectivity index (χ4v) is 4.84. The van der Waals surface area contributed by atoms with Crippen LogP contribution in [0.5, 0.6) is 0 Å². The van der Waals surface area contributed by atoms with Gasteiger partial charge in [0.2, 0.25) is 5.91 Å². The lowest BCUT2D eigenvalue weighted by atomic mass is 9.99. The van der Waals surface area contributed by atoms with Gasteiger partial charge in [-0.05, 0) is 42.7 Å². The summed E-state index contributed by atoms with van der Waals surface area (Å²) in [7, 11) is 0. The van der Waals surface area contributed by atoms with Gasteiger partial charge in [-0.3, -0.25) is 4.79 Å². The maximum Gasteiger partial charge on any atom is 0.229 e. The minimum Gasteiger partial charge on any atom is -0.367 e. The van der Waals surface area contributed by atoms with Crippen molar-refractivity contribution in [3.8, 4) is 11.1 Å². The van der Waals surface area contributed by atoms with Gasteiger partial charge in [0, 0.05) is 54.5 Å². The van der Waals surface area contributed by atoms with Gasteiger partial charge in [0.25, 0.3) is 0 Å². The molecular weight excluding hydrogens is 432 g/mol. The number of hydrogen-bond donors (Lipinski definition) is 1. The number of fused-ring (bicyclic) bond motifs is 1. The van der Waals surface area contributed by atoms with Crippen molar-refractivity contribution in [2.45, 2.75) is 19.8 Å². The highest BCUT2D eigenvalue weighted by atomic mass is 35.5. The number of aromatic amines is 1. The minimum atomic E-state index is -0.187. The summed E-state index contributed by atoms with van der Waals surface area (Å²) >= 11 is 6.01. The number of hydrogen-bond acceptors (Lipinski definition) is 3. The van der Waals surface area contributed by atoms with E-state index < -0.39 is 0 Å². The van der Waals surface area contributed by atoms with E-state index in [2.05, 4.69) is 46.1 Å². The first-order chi connectivity index (χ1) is 16.0. The van der Waals surface area contributed by atoms with Gasteiger partial charge < -0.3 is 14.8 Å². The molecule has 0 aliphatic carbocycles. The van der Waals surface area contributed by atoms with E-state index in [4.69, 9.17) is 11.6 Å². The first kappa shape index (κ1) is 21.5. The van der Waals surface area contributed by atoms with Gasteiger partial charge >= 0.3 is 0 Å². The Morgan fingerprint density at radius 3 is 2.42 bits per heavy atom. The molecule has 1 N–H and O–H groups in total. The number of nitrogens with zero attached hydrogens (tertiary/aromatic N) is 3. The summed E-state index contributed by atoms with van der Waals surface area (Å²) in [6.45, 7) is 7.04. The number of piperazine rings is 1. The first-order valence-electron chi connectivity index (χ1n) is 11.3. The van der Waals surface area contributed by atoms with Crippen LogP contribution in [0.2, 0.25) is 5.02 Å². The highest BCUT2D eigenvalue weighted by molar-refractivity contribution is 6.30. The molecule has 33 heavy (non-hydrogen) atoms. The van der Waals surface area contributed by atoms with Gasteiger partial charge in [0.05, 0.1) is 11.6 Å². The Morgan fingerprint density at radius 2 is 1.73 bits per heavy atom. The monoisotopic (exact) mass is 458 g/mol. The predicted octanol–water partition coefficient (Wildman–Crippen LogP) is 5.64. The standard InChI is InChI=1S/C27H27ClN4O/c1-18-16-29-26-24(18)25(23(17-30-26)21-6-4-3-5-7-21)31-12-14-32(15-13-31)27(33)19(2)20-8-10-22(28)11-9-20/h3-11,16-17,19H,12-15H2,1-2H3,(H,29,30)/t19-/m0/s1. The van der Waals surface area contributed by atoms with Crippen molar-refractivity contribution in [3.63, 3.8) is 0 Å². The number of carbonyl (C=O) groups is 1. The molecule has 1 fully saturated rings. The zero-order valence-corrected chi connectivity index (χ0v) is 19.6. The van der Waals surface area contributed by atoms with Crippen molar-refractivity contribution in [3.05, 3.63) is 83.1 Å². The highest BCUT2D eigenvalue weighted by Gasteiger charge is 2.28. The Kier molecular flexibility index (Phi) is 5.81. The third kappa shape index (κ3) is 4.09. The fraction of sp³-hybridized carbons (Fsp3) is 0.259. The molecule has 0 radical (unpaired) electrons. The summed E-state index contributed by atoms with van der Waals surface area (Å²) in [5.74, 6) is -0.0220. The van der Waals surface area contributed by atoms with Crippen LogP contribution in [0.4, 0.5) is 5.69 Å². The minimum absolute atomic E-state index is 0.165. The van der Waals surface area contributed by atoms with Crippen LogP contribution in [0.25, 0.3) is 22.2 Å². The molecule has 5 nitrogen and oxygen atoms in total. The second-order valence-electron chi connectivity index (χ2n) is 8.67. The van der Waals surface area contributed by atoms with Crippen molar-refractivity contribution in [2.75, 3.05) is 31.1 Å². The maximum absolute atomic E-state index is 13.2. The number of H-pyrrole nitrogens is 1. The Bertz CT molecular complexity index is 1270. The average molecular weight is 459 g/mol. The number of halogens is 1. The normalized spacial score (nSPS) is 15.1. The number of aromatic nitrogens is 2. The van der Waals surface area contributed by atoms with Gasteiger partial charge in [0.1, 0.15) is 5.65 Å². The van der Waals surface area contributed by atoms with Crippen LogP contribution in [-0.2, 0) is 4.79 Å². The molecule has 1 amide bonds. The molecule has 5 rings (SSSR count). The molecule has 168 valence electrons. The van der Waals surface area contributed by atoms with Crippen LogP contribution in [0.3, 0.4) is 0 Å². The fourth-order valence-electron chi connectivity index (χ4n) is 4.71. The van der Waals surface area contributed by atoms with Crippen LogP contribution in [0, 0.1) is 6.92 Å². The lowest BCUT2D eigenvalue weighted by molar-refractivity contribution is -0.132. The number of benzene rings is 2. The summed E-state index contributed by atoms with van der Waals surface area (Å²) in [4.78, 5) is 25.6. The summed E-state index contributed by atoms with van der Waals surface area (Å²) in [6.07, 6.45) is 3.98. The predicted molar refractivity (Wildman–Crippen MR) is 135 cm³/mol. The molecule has 1 aliphatic heterocycles. The topological polar surface area (TPSA) is 52.2 Å². The summed E-state index contributed by atoms with van der Waals surface area (Å²) in [5.41, 5.74) is 6.55. The van der Waals surface area contributed by atoms with E-state index in [0.29, 0.717) is 18.1 Å². The van der Waals surface area contributed by atoms with E-state index >= 15 is 0 Å². The SMILES string of the molecule is Cc1c[nH]c2ncc(-c3ccccc3)c(N3CCN(C(=O)[C@@H](C)c4ccc(Cl)cc4)CC3)c12. The molecule has 1 atom stereocenters. The third-order valence-electron chi connectivity index (χ3n) is 6.60. The molecule has 2 aromatic heterocycles. The van der Waals surface area contributed by atoms with Crippen LogP contribution in [0.15, 0.2) is 67.0 Å². The zero-order chi connectivity index (χ0) is 22.9. The van der Waals surface area contributed by atoms with E-state index in [1.807, 2.05) is 54.5 Å². The van der Waals surface area contributed by atoms with Gasteiger partial charge in [-0.2, -0.15) is 0 Å². The number of aryl methyl sites for hydroxylation is 1. The van der Waals surface area contributed by atoms with E-state index in [0.717, 1.165) is 40.8 Å². The molecule has 4 aromatic rings. The zero-order valence-electron chi connectivity index (χ0n) is 18.9. The Labute approximate surface area is 199 Å². The molecule has 1 aliphatic rings. The number of rotatable bonds is 4. The van der Waals surface area contributed by atoms with Gasteiger partial charge in [0.15, 0.2) is 0 Å². The number of anilines is 1. The summed E-state index contributed by atoms with van der Waals surface area (Å²) < 4.78 is 0. The molecule has 2 aromatic carbocycles. The molecule has 1 saturated heterocycles. The lowest BCUT2D eigenvalue weighted by Crippen LogP contribution is -2.50. The molecule has 0 unspecified atom stereocenters. The van der Waals surface area contributed by atoms with Crippen LogP contribution < -0.4 is 4.90 Å². The summed E-state index contributed by atoms with van der Waals surface area (Å²) in [6, 6.07) is 18.0. The molecule has 0 spiro atoms. The maximum atomic E-state index is 13.2. The quantitative estimate of drug-likeness (QED) is 0.430. The van der Waals surface area contributed by atoms with Gasteiger partial charge in [-0.1, -0.05) is 54.1 Å². The Hall–Kier alpha value is -3.31. The lowest BCUT2D eigenvalue weighted by Gasteiger charge is -2.38. The molecule has 0 saturated carbocycles. The second-order valence-corrected chi connectivity index (χ2v) is 9.10. The van der Waals surface area contributed by atoms with E-state index in [1.165, 1.54) is 11.3 Å². The summed E-state index contributed by atoms with van der Waals surface area (Å²) in [5, 5.41) is 1.84. The van der Waals surface area contributed by atoms with E-state index in [9.17, 15) is 4.79 Å². The number of nitrogens with one attached hydrogen (secondary N) is 1. The van der Waals surface area contributed by atoms with Crippen LogP contribution >= 0.6 is 11.6 Å². The van der Waals surface area contributed by atoms with E-state index in [1.54, 1.807) is 0 Å². The van der Waals surface area contributed by atoms with Crippen LogP contribution in [0.1, 0.15) is 24.0 Å². The Morgan fingerprint density at radius 1 is 1.03 bits per heavy atom. The Balaban J connectivity index is 1.41. The van der Waals surface area contributed by atoms with Crippen LogP contribution in [-0.4, -0.2) is 47.0 Å². The smallest absolute Gasteiger partial charge is 0.229 e. The van der Waals surface area contributed by atoms with Crippen molar-refractivity contribution >= 4 is 34.2 Å². The first-order valence-corrected chi connectivity index (χ1v) is 11.7. The largest absolute Gasteiger partial charge is 0.367 e. The van der Waals surface area contributed by atoms with Crippen molar-refractivity contribution in [1.82, 2.24) is 14.9 Å². The number of carbonyl (C=O) groups excluding carboxylic acids is 1. The molecule has 6 heteroatoms. The second kappa shape index (κ2) is 8.91. The molecule has 3 heterocycles. The highest BCUT2D eigenvalue weighted by Crippen LogP contribution is 2.38. The third-order valence-corrected chi connectivity index (χ3v) is 6.86. The van der Waals surface area contributed by atoms with Crippen molar-refractivity contribution < 1.29 is 4.79 Å². The van der Waals surface area contributed by atoms with Crippen molar-refractivity contribution in [1.29, 1.82) is 0 Å². The van der Waals surface area contributed by atoms with E-state index in [-0.39, 0.29) is 11.8 Å². The molecule has 0 bridgehead atoms. The van der Waals surface area contributed by atoms with Gasteiger partial charge in [-0.25, -0.2) is 4.98 Å². The van der Waals surface area contributed by atoms with Crippen molar-refractivity contribution in [2.24, 2.45) is 0 Å². The van der Waals surface area contributed by atoms with Gasteiger partial charge in [-0.15, -0.1) is 0 Å². The average Bonchev–Trinajstić information content (AvgIpc) is 3.24.